The van der Waals surface area contributed by atoms with Gasteiger partial charge < -0.3 is 14.4 Å². The number of carboxylic acids is 1. The van der Waals surface area contributed by atoms with Gasteiger partial charge in [-0.3, -0.25) is 4.79 Å². The van der Waals surface area contributed by atoms with Crippen LogP contribution in [-0.4, -0.2) is 28.9 Å². The molecule has 0 atom stereocenters. The normalized spacial score (nSPS) is 10.6. The van der Waals surface area contributed by atoms with E-state index in [1.807, 2.05) is 0 Å². The zero-order valence-corrected chi connectivity index (χ0v) is 12.6. The average Bonchev–Trinajstić information content (AvgIpc) is 2.94. The van der Waals surface area contributed by atoms with Crippen LogP contribution in [0.5, 0.6) is 0 Å². The summed E-state index contributed by atoms with van der Waals surface area (Å²) in [4.78, 5) is 24.6. The molecule has 2 aromatic rings. The molecule has 1 N–H and O–H groups in total. The van der Waals surface area contributed by atoms with Gasteiger partial charge in [-0.2, -0.15) is 0 Å². The first kappa shape index (κ1) is 16.7. The van der Waals surface area contributed by atoms with Crippen molar-refractivity contribution in [2.45, 2.75) is 19.9 Å². The summed E-state index contributed by atoms with van der Waals surface area (Å²) in [6.07, 6.45) is 0.335. The molecule has 7 heteroatoms. The van der Waals surface area contributed by atoms with Crippen molar-refractivity contribution in [3.63, 3.8) is 0 Å². The van der Waals surface area contributed by atoms with Gasteiger partial charge in [0.1, 0.15) is 11.3 Å². The molecule has 0 saturated heterocycles. The zero-order valence-electron chi connectivity index (χ0n) is 12.6. The van der Waals surface area contributed by atoms with Gasteiger partial charge in [0.15, 0.2) is 17.4 Å². The third-order valence-electron chi connectivity index (χ3n) is 3.32. The molecule has 0 spiro atoms. The van der Waals surface area contributed by atoms with E-state index in [0.29, 0.717) is 12.0 Å². The quantitative estimate of drug-likeness (QED) is 0.918. The van der Waals surface area contributed by atoms with Crippen LogP contribution < -0.4 is 0 Å². The molecule has 0 saturated carbocycles. The maximum Gasteiger partial charge on any atom is 0.339 e. The number of carbonyl (C=O) groups excluding carboxylic acids is 1. The summed E-state index contributed by atoms with van der Waals surface area (Å²) in [5, 5.41) is 9.06. The smallest absolute Gasteiger partial charge is 0.339 e. The van der Waals surface area contributed by atoms with Crippen LogP contribution in [0.15, 0.2) is 28.7 Å². The Kier molecular flexibility index (Phi) is 4.78. The molecule has 0 aliphatic carbocycles. The zero-order chi connectivity index (χ0) is 17.1. The van der Waals surface area contributed by atoms with E-state index in [-0.39, 0.29) is 23.6 Å². The number of furan rings is 1. The lowest BCUT2D eigenvalue weighted by molar-refractivity contribution is 0.0693. The first-order valence-corrected chi connectivity index (χ1v) is 6.88. The SMILES string of the molecule is CCc1oc(C(=O)N(C)Cc2ccc(F)c(F)c2)cc1C(=O)O. The summed E-state index contributed by atoms with van der Waals surface area (Å²) >= 11 is 0. The second-order valence-electron chi connectivity index (χ2n) is 5.02. The minimum atomic E-state index is -1.17. The van der Waals surface area contributed by atoms with Gasteiger partial charge >= 0.3 is 5.97 Å². The maximum atomic E-state index is 13.2. The molecule has 0 radical (unpaired) electrons. The van der Waals surface area contributed by atoms with Gasteiger partial charge in [-0.1, -0.05) is 13.0 Å². The summed E-state index contributed by atoms with van der Waals surface area (Å²) < 4.78 is 31.4. The molecular formula is C16H15F2NO4. The van der Waals surface area contributed by atoms with E-state index in [0.717, 1.165) is 12.1 Å². The fraction of sp³-hybridized carbons (Fsp3) is 0.250. The second-order valence-corrected chi connectivity index (χ2v) is 5.02. The maximum absolute atomic E-state index is 13.2. The fourth-order valence-corrected chi connectivity index (χ4v) is 2.15. The van der Waals surface area contributed by atoms with Crippen molar-refractivity contribution in [2.75, 3.05) is 7.05 Å². The van der Waals surface area contributed by atoms with E-state index in [1.165, 1.54) is 24.1 Å². The highest BCUT2D eigenvalue weighted by Gasteiger charge is 2.22. The van der Waals surface area contributed by atoms with Crippen LogP contribution >= 0.6 is 0 Å². The first-order valence-electron chi connectivity index (χ1n) is 6.88. The third-order valence-corrected chi connectivity index (χ3v) is 3.32. The summed E-state index contributed by atoms with van der Waals surface area (Å²) in [6, 6.07) is 4.52. The average molecular weight is 323 g/mol. The van der Waals surface area contributed by atoms with Gasteiger partial charge in [-0.15, -0.1) is 0 Å². The molecule has 0 unspecified atom stereocenters. The molecule has 122 valence electrons. The number of halogens is 2. The highest BCUT2D eigenvalue weighted by atomic mass is 19.2. The number of hydrogen-bond donors (Lipinski definition) is 1. The van der Waals surface area contributed by atoms with E-state index in [9.17, 15) is 18.4 Å². The summed E-state index contributed by atoms with van der Waals surface area (Å²) in [6.45, 7) is 1.74. The van der Waals surface area contributed by atoms with Crippen LogP contribution in [0.2, 0.25) is 0 Å². The van der Waals surface area contributed by atoms with Crippen molar-refractivity contribution in [2.24, 2.45) is 0 Å². The Balaban J connectivity index is 2.19. The van der Waals surface area contributed by atoms with Crippen LogP contribution in [0.3, 0.4) is 0 Å². The highest BCUT2D eigenvalue weighted by molar-refractivity contribution is 5.96. The molecule has 0 aliphatic heterocycles. The fourth-order valence-electron chi connectivity index (χ4n) is 2.15. The van der Waals surface area contributed by atoms with Crippen molar-refractivity contribution in [1.29, 1.82) is 0 Å². The molecule has 2 rings (SSSR count). The number of nitrogens with zero attached hydrogens (tertiary/aromatic N) is 1. The van der Waals surface area contributed by atoms with Crippen molar-refractivity contribution >= 4 is 11.9 Å². The number of amides is 1. The lowest BCUT2D eigenvalue weighted by Gasteiger charge is -2.15. The molecule has 23 heavy (non-hydrogen) atoms. The molecule has 1 aromatic carbocycles. The number of carbonyl (C=O) groups is 2. The summed E-state index contributed by atoms with van der Waals surface area (Å²) in [7, 11) is 1.46. The Morgan fingerprint density at radius 2 is 1.91 bits per heavy atom. The first-order chi connectivity index (χ1) is 10.8. The third kappa shape index (κ3) is 3.56. The second kappa shape index (κ2) is 6.60. The summed E-state index contributed by atoms with van der Waals surface area (Å²) in [5.74, 6) is -3.58. The Hall–Kier alpha value is -2.70. The van der Waals surface area contributed by atoms with E-state index in [4.69, 9.17) is 9.52 Å². The van der Waals surface area contributed by atoms with Gasteiger partial charge in [0.25, 0.3) is 5.91 Å². The molecular weight excluding hydrogens is 308 g/mol. The molecule has 1 amide bonds. The predicted molar refractivity (Wildman–Crippen MR) is 77.2 cm³/mol. The van der Waals surface area contributed by atoms with Crippen LogP contribution in [0, 0.1) is 11.6 Å². The van der Waals surface area contributed by atoms with Gasteiger partial charge in [-0.25, -0.2) is 13.6 Å². The number of benzene rings is 1. The molecule has 5 nitrogen and oxygen atoms in total. The number of hydrogen-bond acceptors (Lipinski definition) is 3. The van der Waals surface area contributed by atoms with Crippen LogP contribution in [0.1, 0.15) is 39.2 Å². The predicted octanol–water partition coefficient (Wildman–Crippen LogP) is 3.09. The standard InChI is InChI=1S/C16H15F2NO4/c1-3-13-10(16(21)22)7-14(23-13)15(20)19(2)8-9-4-5-11(17)12(18)6-9/h4-7H,3,8H2,1-2H3,(H,21,22). The lowest BCUT2D eigenvalue weighted by Crippen LogP contribution is -2.25. The van der Waals surface area contributed by atoms with Gasteiger partial charge in [0.2, 0.25) is 0 Å². The summed E-state index contributed by atoms with van der Waals surface area (Å²) in [5.41, 5.74) is 0.345. The number of aromatic carboxylic acids is 1. The van der Waals surface area contributed by atoms with E-state index in [2.05, 4.69) is 0 Å². The van der Waals surface area contributed by atoms with Crippen molar-refractivity contribution < 1.29 is 27.9 Å². The minimum absolute atomic E-state index is 0.0284. The van der Waals surface area contributed by atoms with Crippen molar-refractivity contribution in [1.82, 2.24) is 4.90 Å². The monoisotopic (exact) mass is 323 g/mol. The van der Waals surface area contributed by atoms with Crippen LogP contribution in [-0.2, 0) is 13.0 Å². The largest absolute Gasteiger partial charge is 0.478 e. The van der Waals surface area contributed by atoms with E-state index in [1.54, 1.807) is 6.92 Å². The Morgan fingerprint density at radius 3 is 2.43 bits per heavy atom. The molecule has 1 aromatic heterocycles. The van der Waals surface area contributed by atoms with Gasteiger partial charge in [-0.05, 0) is 17.7 Å². The number of rotatable bonds is 5. The Morgan fingerprint density at radius 1 is 1.22 bits per heavy atom. The molecule has 0 aliphatic rings. The lowest BCUT2D eigenvalue weighted by atomic mass is 10.2. The van der Waals surface area contributed by atoms with Crippen molar-refractivity contribution in [3.8, 4) is 0 Å². The van der Waals surface area contributed by atoms with E-state index < -0.39 is 23.5 Å². The van der Waals surface area contributed by atoms with Crippen LogP contribution in [0.4, 0.5) is 8.78 Å². The molecule has 0 fully saturated rings. The van der Waals surface area contributed by atoms with Crippen molar-refractivity contribution in [3.05, 3.63) is 58.5 Å². The number of carboxylic acid groups (broad SMARTS) is 1. The van der Waals surface area contributed by atoms with Crippen LogP contribution in [0.25, 0.3) is 0 Å². The minimum Gasteiger partial charge on any atom is -0.478 e. The molecule has 0 bridgehead atoms. The Bertz CT molecular complexity index is 755. The number of aryl methyl sites for hydroxylation is 1. The van der Waals surface area contributed by atoms with E-state index >= 15 is 0 Å². The highest BCUT2D eigenvalue weighted by Crippen LogP contribution is 2.19. The Labute approximate surface area is 131 Å². The molecule has 1 heterocycles. The topological polar surface area (TPSA) is 70.8 Å². The van der Waals surface area contributed by atoms with Gasteiger partial charge in [0, 0.05) is 26.1 Å². The van der Waals surface area contributed by atoms with Gasteiger partial charge in [0.05, 0.1) is 0 Å².